The average molecular weight is 308 g/mol. The molecule has 3 N–H and O–H groups in total. The van der Waals surface area contributed by atoms with Gasteiger partial charge in [-0.3, -0.25) is 4.79 Å². The summed E-state index contributed by atoms with van der Waals surface area (Å²) < 4.78 is 18.2. The first-order valence-corrected chi connectivity index (χ1v) is 7.56. The fourth-order valence-corrected chi connectivity index (χ4v) is 2.69. The van der Waals surface area contributed by atoms with Gasteiger partial charge in [0, 0.05) is 17.0 Å². The van der Waals surface area contributed by atoms with Crippen molar-refractivity contribution < 1.29 is 13.6 Å². The number of rotatable bonds is 6. The molecule has 0 saturated carbocycles. The van der Waals surface area contributed by atoms with Gasteiger partial charge < -0.3 is 15.5 Å². The molecule has 112 valence electrons. The molecular formula is C15H17FN2O2S. The van der Waals surface area contributed by atoms with Crippen LogP contribution in [0.25, 0.3) is 0 Å². The second-order valence-corrected chi connectivity index (χ2v) is 5.71. The Balaban J connectivity index is 1.72. The number of carbonyl (C=O) groups is 1. The van der Waals surface area contributed by atoms with Crippen molar-refractivity contribution in [3.63, 3.8) is 0 Å². The van der Waals surface area contributed by atoms with E-state index >= 15 is 0 Å². The first-order valence-electron chi connectivity index (χ1n) is 6.58. The number of carbonyl (C=O) groups excluding carboxylic acids is 1. The van der Waals surface area contributed by atoms with Crippen LogP contribution in [0.2, 0.25) is 0 Å². The number of benzene rings is 1. The highest BCUT2D eigenvalue weighted by Crippen LogP contribution is 2.24. The van der Waals surface area contributed by atoms with Crippen LogP contribution in [-0.4, -0.2) is 11.7 Å². The second-order valence-electron chi connectivity index (χ2n) is 4.58. The molecule has 1 aromatic heterocycles. The largest absolute Gasteiger partial charge is 0.468 e. The summed E-state index contributed by atoms with van der Waals surface area (Å²) in [5.74, 6) is 1.14. The van der Waals surface area contributed by atoms with E-state index in [1.54, 1.807) is 18.0 Å². The van der Waals surface area contributed by atoms with Crippen molar-refractivity contribution in [1.29, 1.82) is 0 Å². The molecule has 0 aliphatic rings. The predicted octanol–water partition coefficient (Wildman–Crippen LogP) is 3.82. The van der Waals surface area contributed by atoms with Gasteiger partial charge in [0.1, 0.15) is 11.6 Å². The summed E-state index contributed by atoms with van der Waals surface area (Å²) in [6, 6.07) is 6.06. The molecule has 0 spiro atoms. The number of furan rings is 1. The van der Waals surface area contributed by atoms with Crippen molar-refractivity contribution in [2.45, 2.75) is 24.7 Å². The Bertz CT molecular complexity index is 628. The van der Waals surface area contributed by atoms with E-state index in [9.17, 15) is 9.18 Å². The molecule has 2 aromatic rings. The van der Waals surface area contributed by atoms with E-state index in [-0.39, 0.29) is 11.6 Å². The van der Waals surface area contributed by atoms with E-state index in [1.807, 2.05) is 13.0 Å². The molecule has 0 radical (unpaired) electrons. The van der Waals surface area contributed by atoms with E-state index < -0.39 is 5.82 Å². The van der Waals surface area contributed by atoms with Crippen molar-refractivity contribution in [2.24, 2.45) is 0 Å². The molecule has 21 heavy (non-hydrogen) atoms. The number of thioether (sulfide) groups is 1. The van der Waals surface area contributed by atoms with Crippen LogP contribution >= 0.6 is 11.8 Å². The Morgan fingerprint density at radius 3 is 2.90 bits per heavy atom. The zero-order chi connectivity index (χ0) is 15.2. The molecule has 1 amide bonds. The number of halogens is 1. The van der Waals surface area contributed by atoms with Gasteiger partial charge in [-0.05, 0) is 43.4 Å². The highest BCUT2D eigenvalue weighted by molar-refractivity contribution is 7.99. The smallest absolute Gasteiger partial charge is 0.224 e. The Hall–Kier alpha value is -1.95. The standard InChI is InChI=1S/C15H17FN2O2S/c1-10-14(6-7-20-10)21-8-2-3-15(19)18-11-4-5-12(16)13(17)9-11/h4-7,9H,2-3,8,17H2,1H3,(H,18,19). The SMILES string of the molecule is Cc1occc1SCCCC(=O)Nc1ccc(F)c(N)c1. The number of nitrogens with two attached hydrogens (primary N) is 1. The van der Waals surface area contributed by atoms with Crippen molar-refractivity contribution in [2.75, 3.05) is 16.8 Å². The molecule has 0 aliphatic heterocycles. The highest BCUT2D eigenvalue weighted by atomic mass is 32.2. The maximum atomic E-state index is 13.0. The summed E-state index contributed by atoms with van der Waals surface area (Å²) in [7, 11) is 0. The van der Waals surface area contributed by atoms with E-state index in [2.05, 4.69) is 5.32 Å². The van der Waals surface area contributed by atoms with E-state index in [1.165, 1.54) is 18.2 Å². The minimum atomic E-state index is -0.486. The molecule has 4 nitrogen and oxygen atoms in total. The Morgan fingerprint density at radius 2 is 2.24 bits per heavy atom. The van der Waals surface area contributed by atoms with Crippen LogP contribution in [0.3, 0.4) is 0 Å². The van der Waals surface area contributed by atoms with Gasteiger partial charge in [0.15, 0.2) is 0 Å². The van der Waals surface area contributed by atoms with Crippen LogP contribution in [0.15, 0.2) is 39.8 Å². The van der Waals surface area contributed by atoms with Gasteiger partial charge in [0.25, 0.3) is 0 Å². The minimum absolute atomic E-state index is 0.0267. The van der Waals surface area contributed by atoms with Crippen LogP contribution in [0, 0.1) is 12.7 Å². The zero-order valence-electron chi connectivity index (χ0n) is 11.7. The minimum Gasteiger partial charge on any atom is -0.468 e. The second kappa shape index (κ2) is 7.17. The molecular weight excluding hydrogens is 291 g/mol. The maximum absolute atomic E-state index is 13.0. The summed E-state index contributed by atoms with van der Waals surface area (Å²) in [4.78, 5) is 12.9. The lowest BCUT2D eigenvalue weighted by molar-refractivity contribution is -0.116. The summed E-state index contributed by atoms with van der Waals surface area (Å²) in [5, 5.41) is 2.70. The normalized spacial score (nSPS) is 10.6. The molecule has 0 bridgehead atoms. The van der Waals surface area contributed by atoms with Crippen molar-refractivity contribution >= 4 is 29.0 Å². The lowest BCUT2D eigenvalue weighted by Crippen LogP contribution is -2.11. The quantitative estimate of drug-likeness (QED) is 0.483. The number of nitrogens with one attached hydrogen (secondary N) is 1. The molecule has 0 unspecified atom stereocenters. The van der Waals surface area contributed by atoms with Crippen LogP contribution in [0.5, 0.6) is 0 Å². The maximum Gasteiger partial charge on any atom is 0.224 e. The van der Waals surface area contributed by atoms with Gasteiger partial charge in [-0.15, -0.1) is 11.8 Å². The van der Waals surface area contributed by atoms with Crippen molar-refractivity contribution in [3.05, 3.63) is 42.1 Å². The van der Waals surface area contributed by atoms with E-state index in [0.29, 0.717) is 12.1 Å². The monoisotopic (exact) mass is 308 g/mol. The third kappa shape index (κ3) is 4.53. The van der Waals surface area contributed by atoms with Gasteiger partial charge >= 0.3 is 0 Å². The number of amides is 1. The van der Waals surface area contributed by atoms with E-state index in [0.717, 1.165) is 22.8 Å². The lowest BCUT2D eigenvalue weighted by Gasteiger charge is -2.06. The highest BCUT2D eigenvalue weighted by Gasteiger charge is 2.06. The van der Waals surface area contributed by atoms with Crippen molar-refractivity contribution in [3.8, 4) is 0 Å². The zero-order valence-corrected chi connectivity index (χ0v) is 12.5. The third-order valence-electron chi connectivity index (χ3n) is 2.90. The van der Waals surface area contributed by atoms with E-state index in [4.69, 9.17) is 10.2 Å². The summed E-state index contributed by atoms with van der Waals surface area (Å²) in [5.41, 5.74) is 5.99. The molecule has 6 heteroatoms. The van der Waals surface area contributed by atoms with Crippen LogP contribution in [-0.2, 0) is 4.79 Å². The predicted molar refractivity (Wildman–Crippen MR) is 82.8 cm³/mol. The number of hydrogen-bond acceptors (Lipinski definition) is 4. The molecule has 2 rings (SSSR count). The van der Waals surface area contributed by atoms with Gasteiger partial charge in [-0.2, -0.15) is 0 Å². The number of hydrogen-bond donors (Lipinski definition) is 2. The molecule has 1 aromatic carbocycles. The number of anilines is 2. The summed E-state index contributed by atoms with van der Waals surface area (Å²) >= 11 is 1.66. The van der Waals surface area contributed by atoms with Crippen LogP contribution in [0.4, 0.5) is 15.8 Å². The molecule has 1 heterocycles. The Kier molecular flexibility index (Phi) is 5.27. The molecule has 0 atom stereocenters. The third-order valence-corrected chi connectivity index (χ3v) is 4.12. The molecule has 0 saturated heterocycles. The first-order chi connectivity index (χ1) is 10.1. The molecule has 0 aliphatic carbocycles. The van der Waals surface area contributed by atoms with Gasteiger partial charge in [0.2, 0.25) is 5.91 Å². The molecule has 0 fully saturated rings. The van der Waals surface area contributed by atoms with Gasteiger partial charge in [-0.1, -0.05) is 0 Å². The van der Waals surface area contributed by atoms with Gasteiger partial charge in [-0.25, -0.2) is 4.39 Å². The first kappa shape index (κ1) is 15.4. The lowest BCUT2D eigenvalue weighted by atomic mass is 10.2. The van der Waals surface area contributed by atoms with Crippen LogP contribution < -0.4 is 11.1 Å². The number of aryl methyl sites for hydroxylation is 1. The Morgan fingerprint density at radius 1 is 1.43 bits per heavy atom. The van der Waals surface area contributed by atoms with Crippen molar-refractivity contribution in [1.82, 2.24) is 0 Å². The van der Waals surface area contributed by atoms with Gasteiger partial charge in [0.05, 0.1) is 12.0 Å². The summed E-state index contributed by atoms with van der Waals surface area (Å²) in [6.45, 7) is 1.91. The summed E-state index contributed by atoms with van der Waals surface area (Å²) in [6.07, 6.45) is 2.81. The average Bonchev–Trinajstić information content (AvgIpc) is 2.85. The fourth-order valence-electron chi connectivity index (χ4n) is 1.78. The Labute approximate surface area is 126 Å². The fraction of sp³-hybridized carbons (Fsp3) is 0.267. The topological polar surface area (TPSA) is 68.3 Å². The van der Waals surface area contributed by atoms with Crippen LogP contribution in [0.1, 0.15) is 18.6 Å². The number of nitrogen functional groups attached to an aromatic ring is 1.